The summed E-state index contributed by atoms with van der Waals surface area (Å²) in [6.45, 7) is 1.71. The van der Waals surface area contributed by atoms with Gasteiger partial charge >= 0.3 is 8.25 Å². The Labute approximate surface area is 75.4 Å². The number of nitrogens with zero attached hydrogens (tertiary/aromatic N) is 2. The Hall–Kier alpha value is -0.880. The lowest BCUT2D eigenvalue weighted by atomic mass is 10.3. The van der Waals surface area contributed by atoms with E-state index in [-0.39, 0.29) is 6.10 Å². The van der Waals surface area contributed by atoms with Crippen LogP contribution in [-0.2, 0) is 11.0 Å². The molecule has 1 rings (SSSR count). The zero-order chi connectivity index (χ0) is 10.3. The minimum absolute atomic E-state index is 0.349. The van der Waals surface area contributed by atoms with Gasteiger partial charge in [-0.25, -0.2) is 4.98 Å². The van der Waals surface area contributed by atoms with Crippen LogP contribution in [0.15, 0.2) is 6.33 Å². The van der Waals surface area contributed by atoms with Crippen LogP contribution in [0.3, 0.4) is 0 Å². The van der Waals surface area contributed by atoms with Gasteiger partial charge in [-0.2, -0.15) is 5.10 Å². The van der Waals surface area contributed by atoms with Crippen LogP contribution in [0.1, 0.15) is 12.7 Å². The smallest absolute Gasteiger partial charge is 0.393 e. The summed E-state index contributed by atoms with van der Waals surface area (Å²) in [5.74, 6) is 0.727. The highest BCUT2D eigenvalue weighted by Gasteiger charge is 1.99. The minimum atomic E-state index is -2.87. The van der Waals surface area contributed by atoms with E-state index in [0.29, 0.717) is 6.42 Å². The number of hydrogen-bond donors (Lipinski definition) is 4. The number of aliphatic hydroxyl groups excluding tert-OH is 1. The molecular formula is C5H11N3O4P+. The van der Waals surface area contributed by atoms with Gasteiger partial charge in [-0.15, -0.1) is 9.79 Å². The van der Waals surface area contributed by atoms with Crippen molar-refractivity contribution in [2.24, 2.45) is 0 Å². The van der Waals surface area contributed by atoms with Gasteiger partial charge in [-0.3, -0.25) is 5.10 Å². The third kappa shape index (κ3) is 9.03. The van der Waals surface area contributed by atoms with Crippen molar-refractivity contribution in [3.05, 3.63) is 12.2 Å². The molecule has 74 valence electrons. The lowest BCUT2D eigenvalue weighted by molar-refractivity contribution is 0.193. The molecule has 0 aromatic carbocycles. The molecule has 0 bridgehead atoms. The van der Waals surface area contributed by atoms with E-state index in [2.05, 4.69) is 15.2 Å². The van der Waals surface area contributed by atoms with E-state index >= 15 is 0 Å². The first kappa shape index (κ1) is 12.1. The SMILES string of the molecule is CC(O)Cc1ncn[nH]1.O=[P+](O)O. The Balaban J connectivity index is 0.000000310. The highest BCUT2D eigenvalue weighted by molar-refractivity contribution is 7.30. The molecule has 0 radical (unpaired) electrons. The van der Waals surface area contributed by atoms with Crippen molar-refractivity contribution >= 4 is 8.25 Å². The van der Waals surface area contributed by atoms with Crippen molar-refractivity contribution in [2.75, 3.05) is 0 Å². The molecular weight excluding hydrogens is 197 g/mol. The minimum Gasteiger partial charge on any atom is -0.393 e. The fourth-order valence-electron chi connectivity index (χ4n) is 0.609. The molecule has 1 unspecified atom stereocenters. The monoisotopic (exact) mass is 208 g/mol. The number of nitrogens with one attached hydrogen (secondary N) is 1. The van der Waals surface area contributed by atoms with E-state index in [1.165, 1.54) is 6.33 Å². The van der Waals surface area contributed by atoms with Crippen molar-refractivity contribution in [1.29, 1.82) is 0 Å². The second kappa shape index (κ2) is 6.62. The van der Waals surface area contributed by atoms with Crippen LogP contribution in [0.4, 0.5) is 0 Å². The molecule has 0 saturated carbocycles. The normalized spacial score (nSPS) is 11.4. The first-order valence-corrected chi connectivity index (χ1v) is 4.56. The topological polar surface area (TPSA) is 119 Å². The first-order valence-electron chi connectivity index (χ1n) is 3.39. The third-order valence-corrected chi connectivity index (χ3v) is 0.954. The number of rotatable bonds is 2. The summed E-state index contributed by atoms with van der Waals surface area (Å²) in [5.41, 5.74) is 0. The molecule has 13 heavy (non-hydrogen) atoms. The van der Waals surface area contributed by atoms with Gasteiger partial charge in [-0.1, -0.05) is 0 Å². The summed E-state index contributed by atoms with van der Waals surface area (Å²) in [7, 11) is -2.87. The molecule has 1 aromatic rings. The van der Waals surface area contributed by atoms with Crippen molar-refractivity contribution < 1.29 is 19.5 Å². The summed E-state index contributed by atoms with van der Waals surface area (Å²) < 4.78 is 8.70. The Bertz CT molecular complexity index is 234. The molecule has 1 aromatic heterocycles. The maximum Gasteiger partial charge on any atom is 0.692 e. The second-order valence-electron chi connectivity index (χ2n) is 2.24. The van der Waals surface area contributed by atoms with Gasteiger partial charge in [0, 0.05) is 11.0 Å². The summed E-state index contributed by atoms with van der Waals surface area (Å²) >= 11 is 0. The van der Waals surface area contributed by atoms with Gasteiger partial charge in [0.05, 0.1) is 6.10 Å². The van der Waals surface area contributed by atoms with E-state index in [1.807, 2.05) is 0 Å². The predicted molar refractivity (Wildman–Crippen MR) is 43.8 cm³/mol. The molecule has 0 amide bonds. The van der Waals surface area contributed by atoms with Crippen molar-refractivity contribution in [1.82, 2.24) is 15.2 Å². The van der Waals surface area contributed by atoms with Crippen LogP contribution in [0.25, 0.3) is 0 Å². The average molecular weight is 208 g/mol. The average Bonchev–Trinajstić information content (AvgIpc) is 2.36. The van der Waals surface area contributed by atoms with Gasteiger partial charge in [0.15, 0.2) is 0 Å². The molecule has 1 heterocycles. The maximum atomic E-state index is 8.84. The molecule has 0 spiro atoms. The molecule has 8 heteroatoms. The van der Waals surface area contributed by atoms with Gasteiger partial charge in [0.2, 0.25) is 0 Å². The molecule has 0 aliphatic heterocycles. The van der Waals surface area contributed by atoms with Gasteiger partial charge in [0.1, 0.15) is 12.2 Å². The first-order chi connectivity index (χ1) is 6.02. The molecule has 0 saturated heterocycles. The molecule has 0 fully saturated rings. The van der Waals surface area contributed by atoms with E-state index in [9.17, 15) is 0 Å². The lowest BCUT2D eigenvalue weighted by Gasteiger charge is -1.96. The summed E-state index contributed by atoms with van der Waals surface area (Å²) in [6, 6.07) is 0. The molecule has 0 aliphatic carbocycles. The summed E-state index contributed by atoms with van der Waals surface area (Å²) in [4.78, 5) is 18.1. The van der Waals surface area contributed by atoms with Gasteiger partial charge in [-0.05, 0) is 6.92 Å². The number of H-pyrrole nitrogens is 1. The number of hydrogen-bond acceptors (Lipinski definition) is 4. The highest BCUT2D eigenvalue weighted by atomic mass is 31.1. The fourth-order valence-corrected chi connectivity index (χ4v) is 0.609. The second-order valence-corrected chi connectivity index (χ2v) is 2.74. The van der Waals surface area contributed by atoms with Crippen LogP contribution in [0.2, 0.25) is 0 Å². The van der Waals surface area contributed by atoms with E-state index in [1.54, 1.807) is 6.92 Å². The molecule has 0 aliphatic rings. The Morgan fingerprint density at radius 2 is 2.23 bits per heavy atom. The summed E-state index contributed by atoms with van der Waals surface area (Å²) in [6.07, 6.45) is 1.62. The number of aliphatic hydroxyl groups is 1. The largest absolute Gasteiger partial charge is 0.692 e. The summed E-state index contributed by atoms with van der Waals surface area (Å²) in [5, 5.41) is 15.1. The molecule has 1 atom stereocenters. The zero-order valence-corrected chi connectivity index (χ0v) is 7.85. The highest BCUT2D eigenvalue weighted by Crippen LogP contribution is 1.98. The maximum absolute atomic E-state index is 8.84. The lowest BCUT2D eigenvalue weighted by Crippen LogP contribution is -2.05. The van der Waals surface area contributed by atoms with Gasteiger partial charge in [0.25, 0.3) is 0 Å². The standard InChI is InChI=1S/C5H9N3O.HO3P/c1-4(9)2-5-6-3-7-8-5;1-4(2)3/h3-4,9H,2H2,1H3,(H,6,7,8);(H-,1,2,3)/p+1. The Morgan fingerprint density at radius 3 is 2.54 bits per heavy atom. The van der Waals surface area contributed by atoms with Crippen molar-refractivity contribution in [2.45, 2.75) is 19.4 Å². The third-order valence-electron chi connectivity index (χ3n) is 0.954. The Morgan fingerprint density at radius 1 is 1.69 bits per heavy atom. The molecule has 4 N–H and O–H groups in total. The van der Waals surface area contributed by atoms with Gasteiger partial charge < -0.3 is 5.11 Å². The van der Waals surface area contributed by atoms with Crippen molar-refractivity contribution in [3.63, 3.8) is 0 Å². The van der Waals surface area contributed by atoms with Crippen LogP contribution >= 0.6 is 8.25 Å². The quantitative estimate of drug-likeness (QED) is 0.480. The number of aromatic amines is 1. The van der Waals surface area contributed by atoms with Crippen molar-refractivity contribution in [3.8, 4) is 0 Å². The predicted octanol–water partition coefficient (Wildman–Crippen LogP) is -0.644. The van der Waals surface area contributed by atoms with Crippen LogP contribution in [0.5, 0.6) is 0 Å². The van der Waals surface area contributed by atoms with E-state index in [4.69, 9.17) is 19.5 Å². The fraction of sp³-hybridized carbons (Fsp3) is 0.600. The van der Waals surface area contributed by atoms with Crippen LogP contribution < -0.4 is 0 Å². The molecule has 7 nitrogen and oxygen atoms in total. The Kier molecular flexibility index (Phi) is 6.17. The van der Waals surface area contributed by atoms with Crippen LogP contribution in [-0.4, -0.2) is 36.2 Å². The zero-order valence-electron chi connectivity index (χ0n) is 6.95. The van der Waals surface area contributed by atoms with Crippen LogP contribution in [0, 0.1) is 0 Å². The van der Waals surface area contributed by atoms with E-state index in [0.717, 1.165) is 5.82 Å². The number of aromatic nitrogens is 3. The van der Waals surface area contributed by atoms with E-state index < -0.39 is 8.25 Å².